The van der Waals surface area contributed by atoms with E-state index in [4.69, 9.17) is 0 Å². The van der Waals surface area contributed by atoms with Crippen LogP contribution in [-0.4, -0.2) is 23.0 Å². The van der Waals surface area contributed by atoms with Gasteiger partial charge >= 0.3 is 0 Å². The summed E-state index contributed by atoms with van der Waals surface area (Å²) in [6, 6.07) is 2.75. The highest BCUT2D eigenvalue weighted by Crippen LogP contribution is 2.61. The van der Waals surface area contributed by atoms with E-state index in [1.54, 1.807) is 57.8 Å². The van der Waals surface area contributed by atoms with Crippen LogP contribution in [-0.2, 0) is 0 Å². The highest BCUT2D eigenvalue weighted by molar-refractivity contribution is 5.06. The molecule has 6 saturated carbocycles. The Bertz CT molecular complexity index is 606. The minimum Gasteiger partial charge on any atom is -0.294 e. The lowest BCUT2D eigenvalue weighted by molar-refractivity contribution is -0.123. The molecule has 0 aliphatic heterocycles. The molecule has 0 N–H and O–H groups in total. The topological polar surface area (TPSA) is 3.24 Å². The minimum absolute atomic E-state index is 0.803. The molecule has 6 aliphatic carbocycles. The first-order chi connectivity index (χ1) is 15.3. The van der Waals surface area contributed by atoms with E-state index in [0.717, 1.165) is 59.6 Å². The Hall–Kier alpha value is -0.300. The second-order valence-electron chi connectivity index (χ2n) is 12.9. The minimum atomic E-state index is 0.803. The highest BCUT2D eigenvalue weighted by atomic mass is 15.2. The van der Waals surface area contributed by atoms with E-state index in [1.165, 1.54) is 57.8 Å². The Balaban J connectivity index is 1.28. The zero-order chi connectivity index (χ0) is 20.8. The Morgan fingerprint density at radius 2 is 1.13 bits per heavy atom. The molecule has 0 aromatic carbocycles. The summed E-state index contributed by atoms with van der Waals surface area (Å²) in [5, 5.41) is 0. The fourth-order valence-electron chi connectivity index (χ4n) is 10.5. The van der Waals surface area contributed by atoms with Gasteiger partial charge in [-0.15, -0.1) is 6.58 Å². The summed E-state index contributed by atoms with van der Waals surface area (Å²) in [7, 11) is 0. The molecule has 0 aromatic rings. The van der Waals surface area contributed by atoms with Gasteiger partial charge in [-0.2, -0.15) is 0 Å². The summed E-state index contributed by atoms with van der Waals surface area (Å²) in [5.41, 5.74) is 0. The van der Waals surface area contributed by atoms with Crippen LogP contribution in [0.2, 0.25) is 0 Å². The van der Waals surface area contributed by atoms with E-state index in [1.807, 2.05) is 0 Å². The van der Waals surface area contributed by atoms with Gasteiger partial charge in [0, 0.05) is 18.1 Å². The summed E-state index contributed by atoms with van der Waals surface area (Å²) in [4.78, 5) is 3.27. The molecule has 0 radical (unpaired) electrons. The Labute approximate surface area is 192 Å². The quantitative estimate of drug-likeness (QED) is 0.414. The molecule has 6 aliphatic rings. The van der Waals surface area contributed by atoms with Gasteiger partial charge in [-0.05, 0) is 118 Å². The number of allylic oxidation sites excluding steroid dienone is 1. The van der Waals surface area contributed by atoms with E-state index in [2.05, 4.69) is 17.6 Å². The summed E-state index contributed by atoms with van der Waals surface area (Å²) < 4.78 is 0. The van der Waals surface area contributed by atoms with Crippen LogP contribution in [0.5, 0.6) is 0 Å². The number of nitrogens with zero attached hydrogens (tertiary/aromatic N) is 1. The molecule has 0 bridgehead atoms. The van der Waals surface area contributed by atoms with E-state index in [-0.39, 0.29) is 0 Å². The first-order valence-corrected chi connectivity index (χ1v) is 14.7. The van der Waals surface area contributed by atoms with Crippen molar-refractivity contribution >= 4 is 0 Å². The smallest absolute Gasteiger partial charge is 0.0132 e. The molecule has 1 nitrogen and oxygen atoms in total. The van der Waals surface area contributed by atoms with Gasteiger partial charge in [0.2, 0.25) is 0 Å². The van der Waals surface area contributed by atoms with Crippen molar-refractivity contribution in [3.05, 3.63) is 12.7 Å². The number of hydrogen-bond acceptors (Lipinski definition) is 1. The van der Waals surface area contributed by atoms with Gasteiger partial charge in [-0.1, -0.05) is 44.6 Å². The molecule has 7 unspecified atom stereocenters. The first-order valence-electron chi connectivity index (χ1n) is 14.7. The molecule has 0 spiro atoms. The maximum atomic E-state index is 4.13. The van der Waals surface area contributed by atoms with E-state index in [9.17, 15) is 0 Å². The van der Waals surface area contributed by atoms with E-state index >= 15 is 0 Å². The predicted molar refractivity (Wildman–Crippen MR) is 131 cm³/mol. The SMILES string of the molecule is C=CC1CCC(N(C2CCCCC2)C2CCC3CCC4CCCC5CCC2C3C45)CC1. The molecular formula is C30H49N. The molecule has 0 amide bonds. The zero-order valence-electron chi connectivity index (χ0n) is 20.2. The molecule has 6 rings (SSSR count). The molecule has 0 saturated heterocycles. The van der Waals surface area contributed by atoms with Gasteiger partial charge in [0.05, 0.1) is 0 Å². The largest absolute Gasteiger partial charge is 0.294 e. The fraction of sp³-hybridized carbons (Fsp3) is 0.933. The van der Waals surface area contributed by atoms with Crippen LogP contribution < -0.4 is 0 Å². The fourth-order valence-corrected chi connectivity index (χ4v) is 10.5. The molecule has 0 aromatic heterocycles. The summed E-state index contributed by atoms with van der Waals surface area (Å²) >= 11 is 0. The molecule has 6 fully saturated rings. The van der Waals surface area contributed by atoms with Gasteiger partial charge in [0.1, 0.15) is 0 Å². The van der Waals surface area contributed by atoms with Gasteiger partial charge in [0.15, 0.2) is 0 Å². The van der Waals surface area contributed by atoms with E-state index in [0.29, 0.717) is 0 Å². The van der Waals surface area contributed by atoms with Crippen molar-refractivity contribution in [2.75, 3.05) is 0 Å². The second-order valence-corrected chi connectivity index (χ2v) is 12.9. The van der Waals surface area contributed by atoms with Crippen LogP contribution in [0.15, 0.2) is 12.7 Å². The first kappa shape index (κ1) is 21.2. The summed E-state index contributed by atoms with van der Waals surface area (Å²) in [6.07, 6.45) is 29.7. The van der Waals surface area contributed by atoms with E-state index < -0.39 is 0 Å². The van der Waals surface area contributed by atoms with Crippen molar-refractivity contribution in [1.29, 1.82) is 0 Å². The van der Waals surface area contributed by atoms with Gasteiger partial charge < -0.3 is 0 Å². The normalized spacial score (nSPS) is 48.2. The van der Waals surface area contributed by atoms with Crippen LogP contribution in [0.4, 0.5) is 0 Å². The maximum absolute atomic E-state index is 4.13. The van der Waals surface area contributed by atoms with Crippen molar-refractivity contribution < 1.29 is 0 Å². The third-order valence-corrected chi connectivity index (χ3v) is 11.7. The number of hydrogen-bond donors (Lipinski definition) is 0. The highest BCUT2D eigenvalue weighted by Gasteiger charge is 2.55. The predicted octanol–water partition coefficient (Wildman–Crippen LogP) is 8.00. The molecule has 1 heteroatoms. The van der Waals surface area contributed by atoms with Crippen LogP contribution in [0.25, 0.3) is 0 Å². The van der Waals surface area contributed by atoms with Crippen LogP contribution >= 0.6 is 0 Å². The van der Waals surface area contributed by atoms with Gasteiger partial charge in [0.25, 0.3) is 0 Å². The molecule has 174 valence electrons. The van der Waals surface area contributed by atoms with Crippen LogP contribution in [0.3, 0.4) is 0 Å². The Morgan fingerprint density at radius 3 is 1.84 bits per heavy atom. The molecular weight excluding hydrogens is 374 g/mol. The maximum Gasteiger partial charge on any atom is 0.0132 e. The van der Waals surface area contributed by atoms with Crippen LogP contribution in [0, 0.1) is 41.4 Å². The lowest BCUT2D eigenvalue weighted by Gasteiger charge is -2.62. The monoisotopic (exact) mass is 423 g/mol. The zero-order valence-corrected chi connectivity index (χ0v) is 20.2. The average molecular weight is 424 g/mol. The summed E-state index contributed by atoms with van der Waals surface area (Å²) in [6.45, 7) is 4.13. The van der Waals surface area contributed by atoms with Crippen molar-refractivity contribution in [2.45, 2.75) is 134 Å². The lowest BCUT2D eigenvalue weighted by Crippen LogP contribution is -2.61. The molecule has 31 heavy (non-hydrogen) atoms. The Morgan fingerprint density at radius 1 is 0.516 bits per heavy atom. The summed E-state index contributed by atoms with van der Waals surface area (Å²) in [5.74, 6) is 7.45. The second kappa shape index (κ2) is 9.15. The van der Waals surface area contributed by atoms with Crippen molar-refractivity contribution in [1.82, 2.24) is 4.90 Å². The van der Waals surface area contributed by atoms with Gasteiger partial charge in [-0.3, -0.25) is 4.90 Å². The molecule has 7 atom stereocenters. The standard InChI is InChI=1S/C30H49N/c1-2-21-11-17-26(18-12-21)31(25-9-4-3-5-10-25)28-20-16-24-14-13-22-7-6-8-23-15-19-27(28)30(24)29(22)23/h2,21-30H,1,3-20H2. The van der Waals surface area contributed by atoms with Crippen LogP contribution in [0.1, 0.15) is 116 Å². The van der Waals surface area contributed by atoms with Gasteiger partial charge in [-0.25, -0.2) is 0 Å². The third kappa shape index (κ3) is 3.87. The third-order valence-electron chi connectivity index (χ3n) is 11.7. The van der Waals surface area contributed by atoms with Crippen molar-refractivity contribution in [3.8, 4) is 0 Å². The Kier molecular flexibility index (Phi) is 6.27. The lowest BCUT2D eigenvalue weighted by atomic mass is 9.47. The van der Waals surface area contributed by atoms with Crippen molar-refractivity contribution in [3.63, 3.8) is 0 Å². The van der Waals surface area contributed by atoms with Crippen molar-refractivity contribution in [2.24, 2.45) is 41.4 Å². The number of rotatable bonds is 4. The average Bonchev–Trinajstić information content (AvgIpc) is 2.84. The molecule has 0 heterocycles.